The predicted molar refractivity (Wildman–Crippen MR) is 103 cm³/mol. The number of hydrogen-bond acceptors (Lipinski definition) is 3. The van der Waals surface area contributed by atoms with Gasteiger partial charge in [-0.2, -0.15) is 5.10 Å². The molecule has 5 nitrogen and oxygen atoms in total. The Morgan fingerprint density at radius 3 is 2.70 bits per heavy atom. The van der Waals surface area contributed by atoms with Crippen LogP contribution in [-0.4, -0.2) is 34.2 Å². The summed E-state index contributed by atoms with van der Waals surface area (Å²) in [7, 11) is 1.88. The smallest absolute Gasteiger partial charge is 0.234 e. The molecule has 0 spiro atoms. The number of amides is 1. The summed E-state index contributed by atoms with van der Waals surface area (Å²) >= 11 is 0. The van der Waals surface area contributed by atoms with Gasteiger partial charge in [0.25, 0.3) is 0 Å². The topological polar surface area (TPSA) is 50.2 Å². The SMILES string of the molecule is Cc1ccc(CNC(=O)CN(C)Cc2cnn(-c3ccccc3)c2)cc1F. The van der Waals surface area contributed by atoms with Gasteiger partial charge in [-0.25, -0.2) is 9.07 Å². The Morgan fingerprint density at radius 1 is 1.19 bits per heavy atom. The molecule has 0 atom stereocenters. The maximum Gasteiger partial charge on any atom is 0.234 e. The number of nitrogens with one attached hydrogen (secondary N) is 1. The summed E-state index contributed by atoms with van der Waals surface area (Å²) in [4.78, 5) is 14.0. The predicted octanol–water partition coefficient (Wildman–Crippen LogP) is 3.07. The number of nitrogens with zero attached hydrogens (tertiary/aromatic N) is 3. The van der Waals surface area contributed by atoms with Crippen LogP contribution in [0.1, 0.15) is 16.7 Å². The van der Waals surface area contributed by atoms with Crippen molar-refractivity contribution < 1.29 is 9.18 Å². The molecule has 0 fully saturated rings. The lowest BCUT2D eigenvalue weighted by Gasteiger charge is -2.15. The molecule has 0 aliphatic rings. The van der Waals surface area contributed by atoms with Gasteiger partial charge < -0.3 is 5.32 Å². The summed E-state index contributed by atoms with van der Waals surface area (Å²) in [6, 6.07) is 14.9. The summed E-state index contributed by atoms with van der Waals surface area (Å²) in [6.07, 6.45) is 3.76. The highest BCUT2D eigenvalue weighted by Crippen LogP contribution is 2.10. The number of benzene rings is 2. The molecule has 0 saturated carbocycles. The van der Waals surface area contributed by atoms with Crippen LogP contribution in [0.5, 0.6) is 0 Å². The first-order chi connectivity index (χ1) is 13.0. The quantitative estimate of drug-likeness (QED) is 0.699. The Kier molecular flexibility index (Phi) is 5.98. The Labute approximate surface area is 158 Å². The van der Waals surface area contributed by atoms with Gasteiger partial charge in [0.15, 0.2) is 0 Å². The fraction of sp³-hybridized carbons (Fsp3) is 0.238. The largest absolute Gasteiger partial charge is 0.351 e. The molecule has 140 valence electrons. The molecule has 2 aromatic carbocycles. The number of aromatic nitrogens is 2. The van der Waals surface area contributed by atoms with Crippen molar-refractivity contribution in [3.63, 3.8) is 0 Å². The molecule has 1 amide bonds. The van der Waals surface area contributed by atoms with Crippen molar-refractivity contribution in [2.75, 3.05) is 13.6 Å². The highest BCUT2D eigenvalue weighted by Gasteiger charge is 2.09. The first-order valence-corrected chi connectivity index (χ1v) is 8.80. The molecule has 27 heavy (non-hydrogen) atoms. The first-order valence-electron chi connectivity index (χ1n) is 8.80. The second-order valence-corrected chi connectivity index (χ2v) is 6.66. The molecular weight excluding hydrogens is 343 g/mol. The van der Waals surface area contributed by atoms with Gasteiger partial charge in [0.05, 0.1) is 18.4 Å². The normalized spacial score (nSPS) is 11.0. The van der Waals surface area contributed by atoms with Crippen LogP contribution >= 0.6 is 0 Å². The highest BCUT2D eigenvalue weighted by molar-refractivity contribution is 5.77. The molecule has 6 heteroatoms. The zero-order valence-electron chi connectivity index (χ0n) is 15.5. The molecule has 0 saturated heterocycles. The van der Waals surface area contributed by atoms with E-state index in [1.165, 1.54) is 6.07 Å². The highest BCUT2D eigenvalue weighted by atomic mass is 19.1. The van der Waals surface area contributed by atoms with E-state index in [2.05, 4.69) is 10.4 Å². The lowest BCUT2D eigenvalue weighted by molar-refractivity contribution is -0.122. The third kappa shape index (κ3) is 5.24. The van der Waals surface area contributed by atoms with E-state index in [4.69, 9.17) is 0 Å². The van der Waals surface area contributed by atoms with Crippen molar-refractivity contribution in [3.8, 4) is 5.69 Å². The zero-order valence-corrected chi connectivity index (χ0v) is 15.5. The Hall–Kier alpha value is -2.99. The number of carbonyl (C=O) groups is 1. The molecular formula is C21H23FN4O. The van der Waals surface area contributed by atoms with E-state index in [0.717, 1.165) is 16.8 Å². The fourth-order valence-electron chi connectivity index (χ4n) is 2.78. The third-order valence-electron chi connectivity index (χ3n) is 4.25. The van der Waals surface area contributed by atoms with Crippen LogP contribution in [0.15, 0.2) is 60.9 Å². The molecule has 0 bridgehead atoms. The van der Waals surface area contributed by atoms with E-state index in [-0.39, 0.29) is 18.3 Å². The Balaban J connectivity index is 1.48. The van der Waals surface area contributed by atoms with Gasteiger partial charge in [-0.05, 0) is 43.3 Å². The van der Waals surface area contributed by atoms with E-state index in [1.54, 1.807) is 19.2 Å². The van der Waals surface area contributed by atoms with Crippen LogP contribution in [0, 0.1) is 12.7 Å². The monoisotopic (exact) mass is 366 g/mol. The molecule has 0 radical (unpaired) electrons. The van der Waals surface area contributed by atoms with Crippen molar-refractivity contribution in [2.24, 2.45) is 0 Å². The average molecular weight is 366 g/mol. The molecule has 0 aliphatic heterocycles. The number of halogens is 1. The standard InChI is InChI=1S/C21H23FN4O/c1-16-8-9-17(10-20(16)22)11-23-21(27)15-25(2)13-18-12-24-26(14-18)19-6-4-3-5-7-19/h3-10,12,14H,11,13,15H2,1-2H3,(H,23,27). The van der Waals surface area contributed by atoms with Gasteiger partial charge in [0.1, 0.15) is 5.82 Å². The van der Waals surface area contributed by atoms with E-state index in [0.29, 0.717) is 18.7 Å². The molecule has 0 unspecified atom stereocenters. The van der Waals surface area contributed by atoms with Crippen molar-refractivity contribution in [1.29, 1.82) is 0 Å². The second kappa shape index (κ2) is 8.60. The van der Waals surface area contributed by atoms with Gasteiger partial charge in [-0.15, -0.1) is 0 Å². The minimum Gasteiger partial charge on any atom is -0.351 e. The van der Waals surface area contributed by atoms with E-state index < -0.39 is 0 Å². The minimum absolute atomic E-state index is 0.103. The minimum atomic E-state index is -0.255. The number of likely N-dealkylation sites (N-methyl/N-ethyl adjacent to an activating group) is 1. The van der Waals surface area contributed by atoms with Crippen LogP contribution in [-0.2, 0) is 17.9 Å². The number of aryl methyl sites for hydroxylation is 1. The molecule has 1 heterocycles. The maximum atomic E-state index is 13.6. The summed E-state index contributed by atoms with van der Waals surface area (Å²) < 4.78 is 15.4. The van der Waals surface area contributed by atoms with Crippen molar-refractivity contribution in [3.05, 3.63) is 83.4 Å². The summed E-state index contributed by atoms with van der Waals surface area (Å²) in [5.74, 6) is -0.358. The number of carbonyl (C=O) groups excluding carboxylic acids is 1. The summed E-state index contributed by atoms with van der Waals surface area (Å²) in [6.45, 7) is 2.90. The van der Waals surface area contributed by atoms with Gasteiger partial charge in [0, 0.05) is 24.8 Å². The lowest BCUT2D eigenvalue weighted by atomic mass is 10.1. The lowest BCUT2D eigenvalue weighted by Crippen LogP contribution is -2.34. The molecule has 1 aromatic heterocycles. The van der Waals surface area contributed by atoms with Crippen LogP contribution in [0.3, 0.4) is 0 Å². The third-order valence-corrected chi connectivity index (χ3v) is 4.25. The molecule has 1 N–H and O–H groups in total. The summed E-state index contributed by atoms with van der Waals surface area (Å²) in [5, 5.41) is 7.19. The van der Waals surface area contributed by atoms with Gasteiger partial charge in [-0.1, -0.05) is 30.3 Å². The number of rotatable bonds is 7. The fourth-order valence-corrected chi connectivity index (χ4v) is 2.78. The number of para-hydroxylation sites is 1. The first kappa shape index (κ1) is 18.8. The van der Waals surface area contributed by atoms with E-state index in [9.17, 15) is 9.18 Å². The average Bonchev–Trinajstić information content (AvgIpc) is 3.11. The van der Waals surface area contributed by atoms with Crippen molar-refractivity contribution in [1.82, 2.24) is 20.0 Å². The Morgan fingerprint density at radius 2 is 1.96 bits per heavy atom. The molecule has 3 rings (SSSR count). The van der Waals surface area contributed by atoms with E-state index >= 15 is 0 Å². The molecule has 3 aromatic rings. The molecule has 0 aliphatic carbocycles. The number of hydrogen-bond donors (Lipinski definition) is 1. The van der Waals surface area contributed by atoms with E-state index in [1.807, 2.05) is 59.2 Å². The van der Waals surface area contributed by atoms with Gasteiger partial charge in [-0.3, -0.25) is 9.69 Å². The van der Waals surface area contributed by atoms with Crippen LogP contribution in [0.25, 0.3) is 5.69 Å². The van der Waals surface area contributed by atoms with Crippen molar-refractivity contribution in [2.45, 2.75) is 20.0 Å². The van der Waals surface area contributed by atoms with Gasteiger partial charge >= 0.3 is 0 Å². The van der Waals surface area contributed by atoms with Gasteiger partial charge in [0.2, 0.25) is 5.91 Å². The van der Waals surface area contributed by atoms with Crippen molar-refractivity contribution >= 4 is 5.91 Å². The van der Waals surface area contributed by atoms with Crippen LogP contribution in [0.4, 0.5) is 4.39 Å². The second-order valence-electron chi connectivity index (χ2n) is 6.66. The van der Waals surface area contributed by atoms with Crippen LogP contribution in [0.2, 0.25) is 0 Å². The van der Waals surface area contributed by atoms with Crippen LogP contribution < -0.4 is 5.32 Å². The zero-order chi connectivity index (χ0) is 19.2. The Bertz CT molecular complexity index is 908. The maximum absolute atomic E-state index is 13.6. The summed E-state index contributed by atoms with van der Waals surface area (Å²) in [5.41, 5.74) is 3.36.